The van der Waals surface area contributed by atoms with Gasteiger partial charge in [0.25, 0.3) is 0 Å². The number of rotatable bonds is 3. The van der Waals surface area contributed by atoms with Crippen LogP contribution in [0.15, 0.2) is 30.7 Å². The molecule has 8 heteroatoms. The van der Waals surface area contributed by atoms with Gasteiger partial charge in [0.05, 0.1) is 25.2 Å². The molecule has 0 bridgehead atoms. The molecule has 1 fully saturated rings. The number of imidazole rings is 1. The van der Waals surface area contributed by atoms with Crippen LogP contribution in [0.1, 0.15) is 17.3 Å². The van der Waals surface area contributed by atoms with E-state index in [0.29, 0.717) is 32.8 Å². The number of carbonyl (C=O) groups is 1. The molecule has 1 atom stereocenters. The Morgan fingerprint density at radius 2 is 2.04 bits per heavy atom. The SMILES string of the molecule is O=C(C1CN(Cc2ccc3c(c2)OCO3)Cc2cncn21)N1CCOCC1. The molecule has 0 spiro atoms. The maximum absolute atomic E-state index is 13.1. The second kappa shape index (κ2) is 6.86. The molecule has 1 aromatic heterocycles. The minimum Gasteiger partial charge on any atom is -0.454 e. The van der Waals surface area contributed by atoms with Crippen LogP contribution in [0.5, 0.6) is 11.5 Å². The van der Waals surface area contributed by atoms with Crippen molar-refractivity contribution in [3.05, 3.63) is 42.0 Å². The van der Waals surface area contributed by atoms with Gasteiger partial charge in [-0.1, -0.05) is 6.07 Å². The molecule has 27 heavy (non-hydrogen) atoms. The quantitative estimate of drug-likeness (QED) is 0.804. The lowest BCUT2D eigenvalue weighted by atomic mass is 10.1. The van der Waals surface area contributed by atoms with Gasteiger partial charge in [-0.25, -0.2) is 4.98 Å². The zero-order valence-corrected chi connectivity index (χ0v) is 15.0. The number of hydrogen-bond acceptors (Lipinski definition) is 6. The molecule has 1 saturated heterocycles. The van der Waals surface area contributed by atoms with E-state index < -0.39 is 0 Å². The summed E-state index contributed by atoms with van der Waals surface area (Å²) in [6.07, 6.45) is 3.63. The van der Waals surface area contributed by atoms with Crippen molar-refractivity contribution in [2.45, 2.75) is 19.1 Å². The Balaban J connectivity index is 1.35. The smallest absolute Gasteiger partial charge is 0.247 e. The van der Waals surface area contributed by atoms with Gasteiger partial charge in [-0.05, 0) is 17.7 Å². The minimum absolute atomic E-state index is 0.146. The Kier molecular flexibility index (Phi) is 4.21. The van der Waals surface area contributed by atoms with Crippen LogP contribution in [-0.4, -0.2) is 64.9 Å². The summed E-state index contributed by atoms with van der Waals surface area (Å²) in [4.78, 5) is 21.6. The molecule has 4 heterocycles. The van der Waals surface area contributed by atoms with E-state index in [0.717, 1.165) is 35.8 Å². The average molecular weight is 370 g/mol. The Labute approximate surface area is 157 Å². The molecule has 1 aromatic carbocycles. The van der Waals surface area contributed by atoms with Gasteiger partial charge in [-0.3, -0.25) is 9.69 Å². The van der Waals surface area contributed by atoms with E-state index in [4.69, 9.17) is 14.2 Å². The molecule has 1 unspecified atom stereocenters. The van der Waals surface area contributed by atoms with Gasteiger partial charge in [-0.2, -0.15) is 0 Å². The third kappa shape index (κ3) is 3.15. The Hall–Kier alpha value is -2.58. The lowest BCUT2D eigenvalue weighted by Crippen LogP contribution is -2.49. The number of ether oxygens (including phenoxy) is 3. The standard InChI is InChI=1S/C19H22N4O4/c24-19(22-3-5-25-6-4-22)16-11-21(10-15-8-20-12-23(15)16)9-14-1-2-17-18(7-14)27-13-26-17/h1-2,7-8,12,16H,3-6,9-11,13H2. The zero-order chi connectivity index (χ0) is 18.2. The molecule has 0 aliphatic carbocycles. The van der Waals surface area contributed by atoms with E-state index in [9.17, 15) is 4.79 Å². The molecule has 8 nitrogen and oxygen atoms in total. The van der Waals surface area contributed by atoms with Crippen molar-refractivity contribution in [1.29, 1.82) is 0 Å². The van der Waals surface area contributed by atoms with Gasteiger partial charge in [0.1, 0.15) is 6.04 Å². The van der Waals surface area contributed by atoms with Crippen molar-refractivity contribution >= 4 is 5.91 Å². The third-order valence-electron chi connectivity index (χ3n) is 5.35. The number of aromatic nitrogens is 2. The Bertz CT molecular complexity index is 846. The molecule has 5 rings (SSSR count). The first-order valence-electron chi connectivity index (χ1n) is 9.26. The predicted molar refractivity (Wildman–Crippen MR) is 95.3 cm³/mol. The highest BCUT2D eigenvalue weighted by molar-refractivity contribution is 5.81. The van der Waals surface area contributed by atoms with E-state index in [1.807, 2.05) is 27.8 Å². The molecule has 142 valence electrons. The topological polar surface area (TPSA) is 69.1 Å². The fraction of sp³-hybridized carbons (Fsp3) is 0.474. The number of carbonyl (C=O) groups excluding carboxylic acids is 1. The lowest BCUT2D eigenvalue weighted by Gasteiger charge is -2.37. The van der Waals surface area contributed by atoms with Crippen molar-refractivity contribution in [2.75, 3.05) is 39.6 Å². The highest BCUT2D eigenvalue weighted by Crippen LogP contribution is 2.33. The maximum atomic E-state index is 13.1. The molecule has 0 radical (unpaired) electrons. The normalized spacial score (nSPS) is 21.9. The molecule has 0 N–H and O–H groups in total. The predicted octanol–water partition coefficient (Wildman–Crippen LogP) is 1.03. The van der Waals surface area contributed by atoms with Gasteiger partial charge in [0.15, 0.2) is 11.5 Å². The first-order valence-corrected chi connectivity index (χ1v) is 9.26. The average Bonchev–Trinajstić information content (AvgIpc) is 3.36. The number of morpholine rings is 1. The van der Waals surface area contributed by atoms with Gasteiger partial charge in [-0.15, -0.1) is 0 Å². The van der Waals surface area contributed by atoms with Crippen molar-refractivity contribution in [3.8, 4) is 11.5 Å². The number of hydrogen-bond donors (Lipinski definition) is 0. The summed E-state index contributed by atoms with van der Waals surface area (Å²) in [7, 11) is 0. The largest absolute Gasteiger partial charge is 0.454 e. The highest BCUT2D eigenvalue weighted by Gasteiger charge is 2.33. The molecular weight excluding hydrogens is 348 g/mol. The molecule has 2 aromatic rings. The Morgan fingerprint density at radius 3 is 2.93 bits per heavy atom. The van der Waals surface area contributed by atoms with E-state index in [2.05, 4.69) is 16.0 Å². The van der Waals surface area contributed by atoms with Crippen LogP contribution < -0.4 is 9.47 Å². The number of benzene rings is 1. The highest BCUT2D eigenvalue weighted by atomic mass is 16.7. The number of nitrogens with zero attached hydrogens (tertiary/aromatic N) is 4. The maximum Gasteiger partial charge on any atom is 0.247 e. The summed E-state index contributed by atoms with van der Waals surface area (Å²) >= 11 is 0. The first kappa shape index (κ1) is 16.6. The van der Waals surface area contributed by atoms with E-state index in [1.165, 1.54) is 0 Å². The third-order valence-corrected chi connectivity index (χ3v) is 5.35. The van der Waals surface area contributed by atoms with Crippen LogP contribution in [0.3, 0.4) is 0 Å². The molecule has 3 aliphatic rings. The van der Waals surface area contributed by atoms with Crippen LogP contribution in [0.4, 0.5) is 0 Å². The van der Waals surface area contributed by atoms with Crippen LogP contribution in [-0.2, 0) is 22.6 Å². The first-order chi connectivity index (χ1) is 13.3. The second-order valence-corrected chi connectivity index (χ2v) is 7.10. The summed E-state index contributed by atoms with van der Waals surface area (Å²) in [6, 6.07) is 5.77. The van der Waals surface area contributed by atoms with E-state index in [1.54, 1.807) is 6.33 Å². The van der Waals surface area contributed by atoms with Crippen LogP contribution in [0, 0.1) is 0 Å². The monoisotopic (exact) mass is 370 g/mol. The number of fused-ring (bicyclic) bond motifs is 2. The van der Waals surface area contributed by atoms with E-state index >= 15 is 0 Å². The van der Waals surface area contributed by atoms with Crippen molar-refractivity contribution in [1.82, 2.24) is 19.4 Å². The van der Waals surface area contributed by atoms with Crippen LogP contribution >= 0.6 is 0 Å². The lowest BCUT2D eigenvalue weighted by molar-refractivity contribution is -0.140. The molecule has 1 amide bonds. The summed E-state index contributed by atoms with van der Waals surface area (Å²) < 4.78 is 18.3. The number of amides is 1. The molecule has 3 aliphatic heterocycles. The second-order valence-electron chi connectivity index (χ2n) is 7.10. The summed E-state index contributed by atoms with van der Waals surface area (Å²) in [5, 5.41) is 0. The van der Waals surface area contributed by atoms with Crippen molar-refractivity contribution in [3.63, 3.8) is 0 Å². The summed E-state index contributed by atoms with van der Waals surface area (Å²) in [6.45, 7) is 4.97. The van der Waals surface area contributed by atoms with Gasteiger partial charge < -0.3 is 23.7 Å². The van der Waals surface area contributed by atoms with Gasteiger partial charge in [0.2, 0.25) is 12.7 Å². The molecular formula is C19H22N4O4. The van der Waals surface area contributed by atoms with E-state index in [-0.39, 0.29) is 18.7 Å². The Morgan fingerprint density at radius 1 is 1.19 bits per heavy atom. The minimum atomic E-state index is -0.247. The summed E-state index contributed by atoms with van der Waals surface area (Å²) in [5.74, 6) is 1.72. The van der Waals surface area contributed by atoms with Crippen molar-refractivity contribution < 1.29 is 19.0 Å². The molecule has 0 saturated carbocycles. The van der Waals surface area contributed by atoms with Gasteiger partial charge in [0, 0.05) is 38.9 Å². The van der Waals surface area contributed by atoms with Gasteiger partial charge >= 0.3 is 0 Å². The fourth-order valence-corrected chi connectivity index (χ4v) is 3.97. The zero-order valence-electron chi connectivity index (χ0n) is 15.0. The van der Waals surface area contributed by atoms with Crippen LogP contribution in [0.25, 0.3) is 0 Å². The van der Waals surface area contributed by atoms with Crippen LogP contribution in [0.2, 0.25) is 0 Å². The summed E-state index contributed by atoms with van der Waals surface area (Å²) in [5.41, 5.74) is 2.21. The fourth-order valence-electron chi connectivity index (χ4n) is 3.97. The van der Waals surface area contributed by atoms with Crippen molar-refractivity contribution in [2.24, 2.45) is 0 Å².